The molecule has 3 nitrogen and oxygen atoms in total. The van der Waals surface area contributed by atoms with E-state index in [-0.39, 0.29) is 18.7 Å². The van der Waals surface area contributed by atoms with Crippen LogP contribution in [-0.4, -0.2) is 17.0 Å². The van der Waals surface area contributed by atoms with E-state index >= 15 is 0 Å². The number of carbonyl (C=O) groups excluding carboxylic acids is 1. The Kier molecular flexibility index (Phi) is 6.88. The lowest BCUT2D eigenvalue weighted by atomic mass is 10.1. The molecule has 0 saturated heterocycles. The monoisotopic (exact) mass is 321 g/mol. The first kappa shape index (κ1) is 17.6. The van der Waals surface area contributed by atoms with E-state index in [0.717, 1.165) is 17.5 Å². The summed E-state index contributed by atoms with van der Waals surface area (Å²) in [6.45, 7) is 6.41. The molecular weight excluding hydrogens is 298 g/mol. The second-order valence-corrected chi connectivity index (χ2v) is 5.50. The molecule has 2 aromatic carbocycles. The Labute approximate surface area is 143 Å². The van der Waals surface area contributed by atoms with Crippen molar-refractivity contribution in [3.8, 4) is 0 Å². The third-order valence-corrected chi connectivity index (χ3v) is 3.76. The fourth-order valence-corrected chi connectivity index (χ4v) is 2.46. The SMILES string of the molecule is C=C=CC(CC)N(Cc1ccccc1)C(=O)OCc1ccccc1. The van der Waals surface area contributed by atoms with Gasteiger partial charge in [0.15, 0.2) is 0 Å². The number of amides is 1. The molecule has 1 unspecified atom stereocenters. The second kappa shape index (κ2) is 9.39. The molecule has 2 aromatic rings. The van der Waals surface area contributed by atoms with E-state index in [2.05, 4.69) is 12.3 Å². The molecule has 0 aliphatic carbocycles. The van der Waals surface area contributed by atoms with Crippen LogP contribution in [0.3, 0.4) is 0 Å². The maximum Gasteiger partial charge on any atom is 0.410 e. The molecule has 0 aliphatic rings. The molecule has 0 N–H and O–H groups in total. The minimum absolute atomic E-state index is 0.0917. The quantitative estimate of drug-likeness (QED) is 0.676. The molecule has 2 rings (SSSR count). The maximum absolute atomic E-state index is 12.6. The Bertz CT molecular complexity index is 675. The number of rotatable bonds is 7. The summed E-state index contributed by atoms with van der Waals surface area (Å²) in [5.41, 5.74) is 4.82. The highest BCUT2D eigenvalue weighted by Gasteiger charge is 2.22. The number of ether oxygens (including phenoxy) is 1. The average Bonchev–Trinajstić information content (AvgIpc) is 2.64. The van der Waals surface area contributed by atoms with Crippen molar-refractivity contribution in [1.82, 2.24) is 4.90 Å². The zero-order valence-corrected chi connectivity index (χ0v) is 14.0. The smallest absolute Gasteiger partial charge is 0.410 e. The molecule has 3 heteroatoms. The first-order valence-corrected chi connectivity index (χ1v) is 8.11. The lowest BCUT2D eigenvalue weighted by Gasteiger charge is -2.28. The Morgan fingerprint density at radius 2 is 1.71 bits per heavy atom. The van der Waals surface area contributed by atoms with E-state index in [1.54, 1.807) is 4.90 Å². The minimum atomic E-state index is -0.332. The van der Waals surface area contributed by atoms with Crippen molar-refractivity contribution in [2.24, 2.45) is 0 Å². The van der Waals surface area contributed by atoms with Crippen LogP contribution in [0, 0.1) is 0 Å². The third kappa shape index (κ3) is 5.15. The van der Waals surface area contributed by atoms with Crippen molar-refractivity contribution in [3.05, 3.63) is 90.2 Å². The van der Waals surface area contributed by atoms with Crippen LogP contribution < -0.4 is 0 Å². The van der Waals surface area contributed by atoms with Crippen LogP contribution in [0.4, 0.5) is 4.79 Å². The fourth-order valence-electron chi connectivity index (χ4n) is 2.46. The zero-order valence-electron chi connectivity index (χ0n) is 14.0. The average molecular weight is 321 g/mol. The number of carbonyl (C=O) groups is 1. The standard InChI is InChI=1S/C21H23NO2/c1-3-11-20(4-2)22(16-18-12-7-5-8-13-18)21(23)24-17-19-14-9-6-10-15-19/h5-15,20H,1,4,16-17H2,2H3. The Hall–Kier alpha value is -2.77. The van der Waals surface area contributed by atoms with Crippen molar-refractivity contribution in [1.29, 1.82) is 0 Å². The second-order valence-electron chi connectivity index (χ2n) is 5.50. The van der Waals surface area contributed by atoms with E-state index in [9.17, 15) is 4.79 Å². The Morgan fingerprint density at radius 3 is 2.25 bits per heavy atom. The molecule has 0 aromatic heterocycles. The maximum atomic E-state index is 12.6. The molecule has 0 spiro atoms. The Morgan fingerprint density at radius 1 is 1.12 bits per heavy atom. The molecule has 0 radical (unpaired) electrons. The van der Waals surface area contributed by atoms with Gasteiger partial charge in [0.2, 0.25) is 0 Å². The number of hydrogen-bond acceptors (Lipinski definition) is 2. The van der Waals surface area contributed by atoms with Crippen LogP contribution in [0.5, 0.6) is 0 Å². The van der Waals surface area contributed by atoms with Gasteiger partial charge in [-0.3, -0.25) is 4.90 Å². The molecule has 0 saturated carbocycles. The van der Waals surface area contributed by atoms with Gasteiger partial charge < -0.3 is 4.74 Å². The highest BCUT2D eigenvalue weighted by molar-refractivity contribution is 5.68. The van der Waals surface area contributed by atoms with Gasteiger partial charge >= 0.3 is 6.09 Å². The minimum Gasteiger partial charge on any atom is -0.445 e. The van der Waals surface area contributed by atoms with Crippen LogP contribution in [0.15, 0.2) is 79.0 Å². The predicted molar refractivity (Wildman–Crippen MR) is 96.4 cm³/mol. The third-order valence-electron chi connectivity index (χ3n) is 3.76. The summed E-state index contributed by atoms with van der Waals surface area (Å²) in [4.78, 5) is 14.4. The lowest BCUT2D eigenvalue weighted by molar-refractivity contribution is 0.0837. The first-order chi connectivity index (χ1) is 11.7. The van der Waals surface area contributed by atoms with Crippen molar-refractivity contribution in [3.63, 3.8) is 0 Å². The molecule has 24 heavy (non-hydrogen) atoms. The summed E-state index contributed by atoms with van der Waals surface area (Å²) in [5, 5.41) is 0. The summed E-state index contributed by atoms with van der Waals surface area (Å²) < 4.78 is 5.51. The van der Waals surface area contributed by atoms with Crippen molar-refractivity contribution >= 4 is 6.09 Å². The summed E-state index contributed by atoms with van der Waals surface area (Å²) in [6, 6.07) is 19.5. The molecule has 1 amide bonds. The van der Waals surface area contributed by atoms with E-state index in [4.69, 9.17) is 4.74 Å². The van der Waals surface area contributed by atoms with Gasteiger partial charge in [-0.25, -0.2) is 4.79 Å². The number of nitrogens with zero attached hydrogens (tertiary/aromatic N) is 1. The van der Waals surface area contributed by atoms with Gasteiger partial charge in [0, 0.05) is 6.54 Å². The number of hydrogen-bond donors (Lipinski definition) is 0. The topological polar surface area (TPSA) is 29.5 Å². The molecule has 0 fully saturated rings. The summed E-state index contributed by atoms with van der Waals surface area (Å²) >= 11 is 0. The van der Waals surface area contributed by atoms with E-state index < -0.39 is 0 Å². The number of benzene rings is 2. The van der Waals surface area contributed by atoms with E-state index in [1.807, 2.05) is 73.7 Å². The largest absolute Gasteiger partial charge is 0.445 e. The molecule has 0 bridgehead atoms. The van der Waals surface area contributed by atoms with Crippen LogP contribution in [0.1, 0.15) is 24.5 Å². The van der Waals surface area contributed by atoms with Gasteiger partial charge in [0.1, 0.15) is 6.61 Å². The lowest BCUT2D eigenvalue weighted by Crippen LogP contribution is -2.38. The highest BCUT2D eigenvalue weighted by Crippen LogP contribution is 2.14. The normalized spacial score (nSPS) is 11.2. The summed E-state index contributed by atoms with van der Waals surface area (Å²) in [6.07, 6.45) is 2.25. The highest BCUT2D eigenvalue weighted by atomic mass is 16.6. The van der Waals surface area contributed by atoms with Gasteiger partial charge in [0.05, 0.1) is 6.04 Å². The molecule has 0 heterocycles. The first-order valence-electron chi connectivity index (χ1n) is 8.11. The van der Waals surface area contributed by atoms with Crippen LogP contribution in [0.25, 0.3) is 0 Å². The van der Waals surface area contributed by atoms with E-state index in [1.165, 1.54) is 0 Å². The zero-order chi connectivity index (χ0) is 17.2. The van der Waals surface area contributed by atoms with Gasteiger partial charge in [-0.1, -0.05) is 74.2 Å². The fraction of sp³-hybridized carbons (Fsp3) is 0.238. The summed E-state index contributed by atoms with van der Waals surface area (Å²) in [7, 11) is 0. The Balaban J connectivity index is 2.11. The van der Waals surface area contributed by atoms with Crippen LogP contribution in [-0.2, 0) is 17.9 Å². The van der Waals surface area contributed by atoms with Gasteiger partial charge in [0.25, 0.3) is 0 Å². The van der Waals surface area contributed by atoms with Gasteiger partial charge in [-0.15, -0.1) is 5.73 Å². The van der Waals surface area contributed by atoms with Crippen molar-refractivity contribution in [2.75, 3.05) is 0 Å². The predicted octanol–water partition coefficient (Wildman–Crippen LogP) is 4.95. The van der Waals surface area contributed by atoms with Crippen molar-refractivity contribution in [2.45, 2.75) is 32.5 Å². The van der Waals surface area contributed by atoms with Crippen LogP contribution in [0.2, 0.25) is 0 Å². The van der Waals surface area contributed by atoms with Crippen LogP contribution >= 0.6 is 0 Å². The molecular formula is C21H23NO2. The van der Waals surface area contributed by atoms with Crippen molar-refractivity contribution < 1.29 is 9.53 Å². The van der Waals surface area contributed by atoms with Gasteiger partial charge in [-0.2, -0.15) is 0 Å². The molecule has 1 atom stereocenters. The summed E-state index contributed by atoms with van der Waals surface area (Å²) in [5.74, 6) is 0. The van der Waals surface area contributed by atoms with Gasteiger partial charge in [-0.05, 0) is 23.6 Å². The molecule has 0 aliphatic heterocycles. The molecule has 124 valence electrons. The van der Waals surface area contributed by atoms with E-state index in [0.29, 0.717) is 6.54 Å².